The number of piperidine rings is 1. The van der Waals surface area contributed by atoms with Crippen molar-refractivity contribution in [3.8, 4) is 0 Å². The number of H-pyrrole nitrogens is 1. The number of carbonyl (C=O) groups excluding carboxylic acids is 2. The lowest BCUT2D eigenvalue weighted by molar-refractivity contribution is -0.127. The molecule has 5 rings (SSSR count). The summed E-state index contributed by atoms with van der Waals surface area (Å²) >= 11 is 0. The Hall–Kier alpha value is -2.38. The number of hydrogen-bond donors (Lipinski definition) is 3. The van der Waals surface area contributed by atoms with E-state index in [1.807, 2.05) is 35.4 Å². The maximum atomic E-state index is 13.0. The molecule has 3 fully saturated rings. The van der Waals surface area contributed by atoms with Crippen molar-refractivity contribution in [2.75, 3.05) is 19.6 Å². The minimum Gasteiger partial charge on any atom is -0.392 e. The first kappa shape index (κ1) is 21.5. The molecule has 7 heteroatoms. The Labute approximate surface area is 189 Å². The number of likely N-dealkylation sites (tertiary alicyclic amines) is 2. The van der Waals surface area contributed by atoms with Gasteiger partial charge in [0.2, 0.25) is 5.91 Å². The molecule has 2 saturated heterocycles. The summed E-state index contributed by atoms with van der Waals surface area (Å²) in [5.41, 5.74) is 1.68. The molecule has 32 heavy (non-hydrogen) atoms. The Kier molecular flexibility index (Phi) is 6.20. The molecule has 7 nitrogen and oxygen atoms in total. The Morgan fingerprint density at radius 1 is 1.03 bits per heavy atom. The van der Waals surface area contributed by atoms with Crippen molar-refractivity contribution in [2.24, 2.45) is 0 Å². The molecule has 2 atom stereocenters. The zero-order valence-corrected chi connectivity index (χ0v) is 18.6. The van der Waals surface area contributed by atoms with Gasteiger partial charge in [-0.05, 0) is 55.7 Å². The maximum absolute atomic E-state index is 13.0. The summed E-state index contributed by atoms with van der Waals surface area (Å²) in [5, 5.41) is 14.7. The summed E-state index contributed by atoms with van der Waals surface area (Å²) < 4.78 is 0. The minimum absolute atomic E-state index is 0.0630. The van der Waals surface area contributed by atoms with Gasteiger partial charge < -0.3 is 20.3 Å². The minimum atomic E-state index is -0.454. The molecule has 172 valence electrons. The highest BCUT2D eigenvalue weighted by Crippen LogP contribution is 2.28. The van der Waals surface area contributed by atoms with Gasteiger partial charge in [0.1, 0.15) is 0 Å². The first-order valence-corrected chi connectivity index (χ1v) is 12.2. The van der Waals surface area contributed by atoms with Gasteiger partial charge in [-0.1, -0.05) is 25.3 Å². The van der Waals surface area contributed by atoms with Gasteiger partial charge in [-0.2, -0.15) is 0 Å². The van der Waals surface area contributed by atoms with Crippen LogP contribution < -0.4 is 5.32 Å². The van der Waals surface area contributed by atoms with Crippen molar-refractivity contribution in [2.45, 2.75) is 75.6 Å². The Morgan fingerprint density at radius 3 is 2.59 bits per heavy atom. The van der Waals surface area contributed by atoms with Crippen LogP contribution in [0.25, 0.3) is 10.9 Å². The number of amides is 2. The van der Waals surface area contributed by atoms with E-state index >= 15 is 0 Å². The number of aliphatic hydroxyl groups is 1. The Balaban J connectivity index is 1.19. The van der Waals surface area contributed by atoms with E-state index in [0.717, 1.165) is 36.6 Å². The van der Waals surface area contributed by atoms with Crippen molar-refractivity contribution in [3.63, 3.8) is 0 Å². The smallest absolute Gasteiger partial charge is 0.253 e. The van der Waals surface area contributed by atoms with Crippen molar-refractivity contribution < 1.29 is 14.7 Å². The van der Waals surface area contributed by atoms with Gasteiger partial charge in [-0.3, -0.25) is 14.5 Å². The van der Waals surface area contributed by atoms with Crippen LogP contribution in [-0.2, 0) is 4.79 Å². The average Bonchev–Trinajstić information content (AvgIpc) is 3.45. The maximum Gasteiger partial charge on any atom is 0.253 e. The van der Waals surface area contributed by atoms with Crippen molar-refractivity contribution in [1.29, 1.82) is 0 Å². The highest BCUT2D eigenvalue weighted by molar-refractivity contribution is 5.98. The molecule has 3 aliphatic rings. The summed E-state index contributed by atoms with van der Waals surface area (Å²) in [7, 11) is 0. The standard InChI is InChI=1S/C25H34N4O3/c30-21-15-23(24(31)27-19-4-2-1-3-5-19)29(16-21)20-9-12-28(13-10-20)25(32)18-7-6-17-8-11-26-22(17)14-18/h6-8,11,14,19-21,23,26,30H,1-5,9-10,12-13,15-16H2,(H,27,31)/t21-,23+/m1/s1. The molecule has 1 aromatic carbocycles. The third kappa shape index (κ3) is 4.41. The molecule has 1 saturated carbocycles. The van der Waals surface area contributed by atoms with E-state index in [9.17, 15) is 14.7 Å². The van der Waals surface area contributed by atoms with E-state index < -0.39 is 6.10 Å². The van der Waals surface area contributed by atoms with Gasteiger partial charge in [0.25, 0.3) is 5.91 Å². The molecule has 1 aromatic heterocycles. The summed E-state index contributed by atoms with van der Waals surface area (Å²) in [4.78, 5) is 33.4. The first-order valence-electron chi connectivity index (χ1n) is 12.2. The van der Waals surface area contributed by atoms with E-state index in [1.165, 1.54) is 19.3 Å². The van der Waals surface area contributed by atoms with Crippen LogP contribution in [-0.4, -0.2) is 75.6 Å². The monoisotopic (exact) mass is 438 g/mol. The molecule has 3 heterocycles. The number of rotatable bonds is 4. The zero-order chi connectivity index (χ0) is 22.1. The van der Waals surface area contributed by atoms with Gasteiger partial charge >= 0.3 is 0 Å². The number of benzene rings is 1. The van der Waals surface area contributed by atoms with Crippen molar-refractivity contribution >= 4 is 22.7 Å². The number of β-amino-alcohol motifs (C(OH)–C–C–N with tert-alkyl or cyclic N) is 1. The quantitative estimate of drug-likeness (QED) is 0.685. The summed E-state index contributed by atoms with van der Waals surface area (Å²) in [5.74, 6) is 0.138. The number of carbonyl (C=O) groups is 2. The van der Waals surface area contributed by atoms with E-state index in [1.54, 1.807) is 0 Å². The fraction of sp³-hybridized carbons (Fsp3) is 0.600. The number of aromatic nitrogens is 1. The lowest BCUT2D eigenvalue weighted by Crippen LogP contribution is -2.53. The Morgan fingerprint density at radius 2 is 1.81 bits per heavy atom. The van der Waals surface area contributed by atoms with E-state index in [-0.39, 0.29) is 29.9 Å². The number of fused-ring (bicyclic) bond motifs is 1. The van der Waals surface area contributed by atoms with Crippen molar-refractivity contribution in [1.82, 2.24) is 20.1 Å². The average molecular weight is 439 g/mol. The van der Waals surface area contributed by atoms with Crippen LogP contribution >= 0.6 is 0 Å². The molecule has 3 N–H and O–H groups in total. The van der Waals surface area contributed by atoms with Crippen LogP contribution in [0.2, 0.25) is 0 Å². The third-order valence-electron chi connectivity index (χ3n) is 7.59. The van der Waals surface area contributed by atoms with Crippen LogP contribution in [0.4, 0.5) is 0 Å². The van der Waals surface area contributed by atoms with Crippen LogP contribution in [0.15, 0.2) is 30.5 Å². The fourth-order valence-corrected chi connectivity index (χ4v) is 5.81. The highest BCUT2D eigenvalue weighted by atomic mass is 16.3. The molecule has 0 unspecified atom stereocenters. The normalized spacial score (nSPS) is 26.0. The van der Waals surface area contributed by atoms with Gasteiger partial charge in [0.05, 0.1) is 12.1 Å². The number of hydrogen-bond acceptors (Lipinski definition) is 4. The van der Waals surface area contributed by atoms with Gasteiger partial charge in [-0.15, -0.1) is 0 Å². The second-order valence-corrected chi connectivity index (χ2v) is 9.75. The number of nitrogens with one attached hydrogen (secondary N) is 2. The molecule has 0 spiro atoms. The summed E-state index contributed by atoms with van der Waals surface area (Å²) in [6, 6.07) is 8.05. The predicted octanol–water partition coefficient (Wildman–Crippen LogP) is 2.66. The van der Waals surface area contributed by atoms with Gasteiger partial charge in [0.15, 0.2) is 0 Å². The highest BCUT2D eigenvalue weighted by Gasteiger charge is 2.41. The largest absolute Gasteiger partial charge is 0.392 e. The zero-order valence-electron chi connectivity index (χ0n) is 18.6. The first-order chi connectivity index (χ1) is 15.6. The second kappa shape index (κ2) is 9.24. The molecule has 0 bridgehead atoms. The van der Waals surface area contributed by atoms with Crippen LogP contribution in [0, 0.1) is 0 Å². The van der Waals surface area contributed by atoms with Gasteiger partial charge in [0, 0.05) is 49.0 Å². The van der Waals surface area contributed by atoms with E-state index in [2.05, 4.69) is 15.2 Å². The van der Waals surface area contributed by atoms with E-state index in [0.29, 0.717) is 31.6 Å². The number of aliphatic hydroxyl groups excluding tert-OH is 1. The number of nitrogens with zero attached hydrogens (tertiary/aromatic N) is 2. The Bertz CT molecular complexity index is 959. The molecule has 0 radical (unpaired) electrons. The molecule has 2 amide bonds. The molecular formula is C25H34N4O3. The molecular weight excluding hydrogens is 404 g/mol. The second-order valence-electron chi connectivity index (χ2n) is 9.75. The SMILES string of the molecule is O=C(NC1CCCCC1)[C@@H]1C[C@@H](O)CN1C1CCN(C(=O)c2ccc3cc[nH]c3c2)CC1. The van der Waals surface area contributed by atoms with Crippen LogP contribution in [0.5, 0.6) is 0 Å². The summed E-state index contributed by atoms with van der Waals surface area (Å²) in [6.07, 6.45) is 9.36. The summed E-state index contributed by atoms with van der Waals surface area (Å²) in [6.45, 7) is 1.90. The fourth-order valence-electron chi connectivity index (χ4n) is 5.81. The van der Waals surface area contributed by atoms with E-state index in [4.69, 9.17) is 0 Å². The molecule has 2 aliphatic heterocycles. The van der Waals surface area contributed by atoms with Crippen molar-refractivity contribution in [3.05, 3.63) is 36.0 Å². The molecule has 2 aromatic rings. The van der Waals surface area contributed by atoms with Crippen LogP contribution in [0.1, 0.15) is 61.7 Å². The molecule has 1 aliphatic carbocycles. The topological polar surface area (TPSA) is 88.7 Å². The third-order valence-corrected chi connectivity index (χ3v) is 7.59. The number of aromatic amines is 1. The van der Waals surface area contributed by atoms with Gasteiger partial charge in [-0.25, -0.2) is 0 Å². The lowest BCUT2D eigenvalue weighted by Gasteiger charge is -2.39. The predicted molar refractivity (Wildman–Crippen MR) is 123 cm³/mol. The van der Waals surface area contributed by atoms with Crippen LogP contribution in [0.3, 0.4) is 0 Å². The lowest BCUT2D eigenvalue weighted by atomic mass is 9.95.